The Hall–Kier alpha value is -4.58. The molecule has 2 N–H and O–H groups in total. The normalized spacial score (nSPS) is 10.7. The lowest BCUT2D eigenvalue weighted by atomic mass is 10.2. The van der Waals surface area contributed by atoms with Crippen LogP contribution in [-0.2, 0) is 6.61 Å². The van der Waals surface area contributed by atoms with Crippen molar-refractivity contribution in [1.29, 1.82) is 0 Å². The van der Waals surface area contributed by atoms with E-state index in [-0.39, 0.29) is 5.91 Å². The molecule has 0 fully saturated rings. The molecule has 0 spiro atoms. The van der Waals surface area contributed by atoms with Gasteiger partial charge in [-0.15, -0.1) is 0 Å². The van der Waals surface area contributed by atoms with Crippen LogP contribution in [0.5, 0.6) is 17.2 Å². The maximum absolute atomic E-state index is 12.5. The number of anilines is 1. The number of carbonyl (C=O) groups excluding carboxylic acids is 1. The van der Waals surface area contributed by atoms with E-state index in [0.29, 0.717) is 23.7 Å². The van der Waals surface area contributed by atoms with Crippen molar-refractivity contribution in [2.75, 3.05) is 5.32 Å². The minimum Gasteiger partial charge on any atom is -0.489 e. The zero-order valence-corrected chi connectivity index (χ0v) is 17.7. The fourth-order valence-corrected chi connectivity index (χ4v) is 3.44. The summed E-state index contributed by atoms with van der Waals surface area (Å²) in [7, 11) is 0. The van der Waals surface area contributed by atoms with Crippen LogP contribution < -0.4 is 14.8 Å². The molecule has 33 heavy (non-hydrogen) atoms. The van der Waals surface area contributed by atoms with E-state index in [4.69, 9.17) is 9.47 Å². The number of H-pyrrole nitrogens is 1. The van der Waals surface area contributed by atoms with Gasteiger partial charge < -0.3 is 14.8 Å². The molecule has 162 valence electrons. The number of amides is 1. The molecule has 0 aliphatic heterocycles. The Morgan fingerprint density at radius 3 is 2.36 bits per heavy atom. The van der Waals surface area contributed by atoms with Crippen LogP contribution in [0, 0.1) is 0 Å². The Balaban J connectivity index is 1.28. The number of hydrogen-bond donors (Lipinski definition) is 2. The fraction of sp³-hybridized carbons (Fsp3) is 0.0370. The van der Waals surface area contributed by atoms with Crippen molar-refractivity contribution in [2.24, 2.45) is 0 Å². The molecule has 0 unspecified atom stereocenters. The first-order chi connectivity index (χ1) is 16.2. The smallest absolute Gasteiger partial charge is 0.256 e. The number of rotatable bonds is 7. The first-order valence-electron chi connectivity index (χ1n) is 10.5. The highest BCUT2D eigenvalue weighted by Crippen LogP contribution is 2.27. The van der Waals surface area contributed by atoms with Gasteiger partial charge in [0.25, 0.3) is 5.91 Å². The van der Waals surface area contributed by atoms with Gasteiger partial charge in [-0.2, -0.15) is 5.10 Å². The molecule has 0 saturated carbocycles. The van der Waals surface area contributed by atoms with E-state index in [1.165, 1.54) is 0 Å². The van der Waals surface area contributed by atoms with Crippen molar-refractivity contribution < 1.29 is 14.3 Å². The van der Waals surface area contributed by atoms with Crippen LogP contribution in [0.1, 0.15) is 15.9 Å². The lowest BCUT2D eigenvalue weighted by molar-refractivity contribution is 0.102. The number of nitrogens with one attached hydrogen (secondary N) is 2. The van der Waals surface area contributed by atoms with Crippen molar-refractivity contribution in [3.05, 3.63) is 114 Å². The van der Waals surface area contributed by atoms with Crippen LogP contribution in [0.15, 0.2) is 103 Å². The van der Waals surface area contributed by atoms with Crippen molar-refractivity contribution >= 4 is 22.6 Å². The van der Waals surface area contributed by atoms with E-state index in [1.807, 2.05) is 91.0 Å². The third kappa shape index (κ3) is 4.85. The topological polar surface area (TPSA) is 76.2 Å². The number of hydrogen-bond acceptors (Lipinski definition) is 4. The SMILES string of the molecule is O=C(Nc1n[nH]c2ccc(OCc3cccc(Oc4ccccc4)c3)cc12)c1ccccc1. The quantitative estimate of drug-likeness (QED) is 0.320. The van der Waals surface area contributed by atoms with Crippen LogP contribution >= 0.6 is 0 Å². The molecule has 0 bridgehead atoms. The average molecular weight is 435 g/mol. The Bertz CT molecular complexity index is 1380. The van der Waals surface area contributed by atoms with E-state index in [0.717, 1.165) is 28.0 Å². The summed E-state index contributed by atoms with van der Waals surface area (Å²) in [5.41, 5.74) is 2.36. The van der Waals surface area contributed by atoms with Gasteiger partial charge in [-0.05, 0) is 60.2 Å². The van der Waals surface area contributed by atoms with Crippen molar-refractivity contribution in [1.82, 2.24) is 10.2 Å². The van der Waals surface area contributed by atoms with E-state index in [1.54, 1.807) is 12.1 Å². The number of benzene rings is 4. The van der Waals surface area contributed by atoms with Crippen LogP contribution in [0.25, 0.3) is 10.9 Å². The summed E-state index contributed by atoms with van der Waals surface area (Å²) in [5, 5.41) is 10.8. The Kier molecular flexibility index (Phi) is 5.72. The number of carbonyl (C=O) groups is 1. The van der Waals surface area contributed by atoms with Crippen molar-refractivity contribution in [2.45, 2.75) is 6.61 Å². The average Bonchev–Trinajstić information content (AvgIpc) is 3.26. The molecule has 0 radical (unpaired) electrons. The third-order valence-corrected chi connectivity index (χ3v) is 5.09. The van der Waals surface area contributed by atoms with Crippen molar-refractivity contribution in [3.8, 4) is 17.2 Å². The summed E-state index contributed by atoms with van der Waals surface area (Å²) in [6.45, 7) is 0.376. The molecule has 1 aromatic heterocycles. The molecular formula is C27H21N3O3. The second-order valence-electron chi connectivity index (χ2n) is 7.45. The molecule has 1 amide bonds. The van der Waals surface area contributed by atoms with Crippen LogP contribution in [0.2, 0.25) is 0 Å². The van der Waals surface area contributed by atoms with E-state index in [9.17, 15) is 4.79 Å². The molecule has 6 nitrogen and oxygen atoms in total. The summed E-state index contributed by atoms with van der Waals surface area (Å²) in [4.78, 5) is 12.5. The van der Waals surface area contributed by atoms with Crippen LogP contribution in [-0.4, -0.2) is 16.1 Å². The minimum absolute atomic E-state index is 0.217. The van der Waals surface area contributed by atoms with Gasteiger partial charge in [-0.25, -0.2) is 0 Å². The van der Waals surface area contributed by atoms with Crippen LogP contribution in [0.3, 0.4) is 0 Å². The standard InChI is InChI=1S/C27H21N3O3/c31-27(20-9-3-1-4-10-20)28-26-24-17-22(14-15-25(24)29-30-26)32-18-19-8-7-13-23(16-19)33-21-11-5-2-6-12-21/h1-17H,18H2,(H2,28,29,30,31). The molecule has 4 aromatic carbocycles. The van der Waals surface area contributed by atoms with Gasteiger partial charge in [0, 0.05) is 10.9 Å². The molecule has 5 aromatic rings. The molecular weight excluding hydrogens is 414 g/mol. The zero-order chi connectivity index (χ0) is 22.5. The summed E-state index contributed by atoms with van der Waals surface area (Å²) in [6, 6.07) is 32.1. The molecule has 6 heteroatoms. The molecule has 0 aliphatic carbocycles. The van der Waals surface area contributed by atoms with Crippen molar-refractivity contribution in [3.63, 3.8) is 0 Å². The second-order valence-corrected chi connectivity index (χ2v) is 7.45. The first-order valence-corrected chi connectivity index (χ1v) is 10.5. The number of aromatic nitrogens is 2. The number of fused-ring (bicyclic) bond motifs is 1. The van der Waals surface area contributed by atoms with Crippen LogP contribution in [0.4, 0.5) is 5.82 Å². The third-order valence-electron chi connectivity index (χ3n) is 5.09. The molecule has 0 saturated heterocycles. The Morgan fingerprint density at radius 2 is 1.55 bits per heavy atom. The van der Waals surface area contributed by atoms with E-state index in [2.05, 4.69) is 15.5 Å². The van der Waals surface area contributed by atoms with Gasteiger partial charge in [0.2, 0.25) is 0 Å². The summed E-state index contributed by atoms with van der Waals surface area (Å²) in [5.74, 6) is 2.45. The second kappa shape index (κ2) is 9.28. The van der Waals surface area contributed by atoms with E-state index < -0.39 is 0 Å². The zero-order valence-electron chi connectivity index (χ0n) is 17.7. The Morgan fingerprint density at radius 1 is 0.788 bits per heavy atom. The first kappa shape index (κ1) is 20.3. The lowest BCUT2D eigenvalue weighted by Gasteiger charge is -2.09. The van der Waals surface area contributed by atoms with E-state index >= 15 is 0 Å². The Labute approximate surface area is 190 Å². The summed E-state index contributed by atoms with van der Waals surface area (Å²) in [6.07, 6.45) is 0. The predicted octanol–water partition coefficient (Wildman–Crippen LogP) is 6.19. The van der Waals surface area contributed by atoms with Gasteiger partial charge in [0.05, 0.1) is 5.52 Å². The maximum Gasteiger partial charge on any atom is 0.256 e. The number of ether oxygens (including phenoxy) is 2. The fourth-order valence-electron chi connectivity index (χ4n) is 3.44. The van der Waals surface area contributed by atoms with Gasteiger partial charge >= 0.3 is 0 Å². The molecule has 0 atom stereocenters. The number of aromatic amines is 1. The number of nitrogens with zero attached hydrogens (tertiary/aromatic N) is 1. The minimum atomic E-state index is -0.217. The number of para-hydroxylation sites is 1. The largest absolute Gasteiger partial charge is 0.489 e. The molecule has 5 rings (SSSR count). The molecule has 1 heterocycles. The predicted molar refractivity (Wildman–Crippen MR) is 128 cm³/mol. The van der Waals surface area contributed by atoms with Gasteiger partial charge in [0.1, 0.15) is 23.9 Å². The maximum atomic E-state index is 12.5. The van der Waals surface area contributed by atoms with Gasteiger partial charge in [-0.3, -0.25) is 9.89 Å². The summed E-state index contributed by atoms with van der Waals surface area (Å²) < 4.78 is 11.9. The summed E-state index contributed by atoms with van der Waals surface area (Å²) >= 11 is 0. The monoisotopic (exact) mass is 435 g/mol. The highest BCUT2D eigenvalue weighted by molar-refractivity contribution is 6.07. The molecule has 0 aliphatic rings. The van der Waals surface area contributed by atoms with Gasteiger partial charge in [0.15, 0.2) is 5.82 Å². The lowest BCUT2D eigenvalue weighted by Crippen LogP contribution is -2.12. The van der Waals surface area contributed by atoms with Gasteiger partial charge in [-0.1, -0.05) is 48.5 Å². The highest BCUT2D eigenvalue weighted by Gasteiger charge is 2.12. The highest BCUT2D eigenvalue weighted by atomic mass is 16.5.